The number of aromatic nitrogens is 6. The average molecular weight is 413 g/mol. The van der Waals surface area contributed by atoms with Crippen molar-refractivity contribution in [3.63, 3.8) is 0 Å². The van der Waals surface area contributed by atoms with E-state index in [0.29, 0.717) is 27.4 Å². The minimum Gasteiger partial charge on any atom is -0.308 e. The Bertz CT molecular complexity index is 1300. The van der Waals surface area contributed by atoms with Crippen LogP contribution in [0, 0.1) is 11.6 Å². The van der Waals surface area contributed by atoms with Crippen molar-refractivity contribution in [3.05, 3.63) is 45.9 Å². The Balaban J connectivity index is 1.66. The summed E-state index contributed by atoms with van der Waals surface area (Å²) in [4.78, 5) is 21.1. The van der Waals surface area contributed by atoms with Crippen LogP contribution in [-0.2, 0) is 16.8 Å². The fraction of sp³-hybridized carbons (Fsp3) is 0.222. The lowest BCUT2D eigenvalue weighted by atomic mass is 9.91. The van der Waals surface area contributed by atoms with E-state index in [2.05, 4.69) is 30.6 Å². The van der Waals surface area contributed by atoms with E-state index in [1.165, 1.54) is 28.2 Å². The van der Waals surface area contributed by atoms with Gasteiger partial charge in [-0.15, -0.1) is 21.5 Å². The summed E-state index contributed by atoms with van der Waals surface area (Å²) in [5.74, 6) is -0.722. The van der Waals surface area contributed by atoms with Crippen molar-refractivity contribution in [2.24, 2.45) is 0 Å². The predicted molar refractivity (Wildman–Crippen MR) is 101 cm³/mol. The summed E-state index contributed by atoms with van der Waals surface area (Å²) in [5.41, 5.74) is 0.195. The highest BCUT2D eigenvalue weighted by atomic mass is 32.1. The van der Waals surface area contributed by atoms with Crippen LogP contribution in [-0.4, -0.2) is 35.9 Å². The first-order valence-corrected chi connectivity index (χ1v) is 9.53. The molecule has 4 aromatic heterocycles. The third kappa shape index (κ3) is 2.69. The first-order chi connectivity index (χ1) is 13.8. The van der Waals surface area contributed by atoms with E-state index in [9.17, 15) is 13.6 Å². The fourth-order valence-electron chi connectivity index (χ4n) is 3.19. The SMILES string of the molecule is CC1(C)C(=O)Nc2nc(-c3nn(Cc4sccc4F)c4ncc(F)cc34)nnc21. The van der Waals surface area contributed by atoms with E-state index >= 15 is 0 Å². The molecule has 0 spiro atoms. The molecule has 11 heteroatoms. The van der Waals surface area contributed by atoms with Gasteiger partial charge in [-0.05, 0) is 31.4 Å². The van der Waals surface area contributed by atoms with Crippen LogP contribution in [0.5, 0.6) is 0 Å². The van der Waals surface area contributed by atoms with Crippen molar-refractivity contribution >= 4 is 34.1 Å². The smallest absolute Gasteiger partial charge is 0.237 e. The van der Waals surface area contributed by atoms with Gasteiger partial charge < -0.3 is 5.32 Å². The van der Waals surface area contributed by atoms with Crippen LogP contribution < -0.4 is 5.32 Å². The predicted octanol–water partition coefficient (Wildman–Crippen LogP) is 2.90. The second-order valence-corrected chi connectivity index (χ2v) is 8.14. The molecule has 146 valence electrons. The fourth-order valence-corrected chi connectivity index (χ4v) is 3.92. The van der Waals surface area contributed by atoms with Gasteiger partial charge in [0, 0.05) is 0 Å². The highest BCUT2D eigenvalue weighted by Gasteiger charge is 2.42. The number of nitrogens with zero attached hydrogens (tertiary/aromatic N) is 6. The number of nitrogens with one attached hydrogen (secondary N) is 1. The Morgan fingerprint density at radius 2 is 2.10 bits per heavy atom. The molecule has 0 bridgehead atoms. The summed E-state index contributed by atoms with van der Waals surface area (Å²) < 4.78 is 29.3. The van der Waals surface area contributed by atoms with Crippen LogP contribution in [0.4, 0.5) is 14.6 Å². The van der Waals surface area contributed by atoms with Crippen LogP contribution in [0.15, 0.2) is 23.7 Å². The number of halogens is 2. The Labute approximate surface area is 166 Å². The number of rotatable bonds is 3. The zero-order valence-corrected chi connectivity index (χ0v) is 16.1. The van der Waals surface area contributed by atoms with E-state index in [1.54, 1.807) is 19.2 Å². The molecule has 8 nitrogen and oxygen atoms in total. The third-order valence-electron chi connectivity index (χ3n) is 4.83. The Morgan fingerprint density at radius 3 is 2.86 bits per heavy atom. The summed E-state index contributed by atoms with van der Waals surface area (Å²) >= 11 is 1.25. The molecule has 5 heterocycles. The summed E-state index contributed by atoms with van der Waals surface area (Å²) in [7, 11) is 0. The maximum Gasteiger partial charge on any atom is 0.237 e. The van der Waals surface area contributed by atoms with Crippen LogP contribution in [0.2, 0.25) is 0 Å². The summed E-state index contributed by atoms with van der Waals surface area (Å²) in [6, 6.07) is 2.64. The zero-order valence-electron chi connectivity index (χ0n) is 15.3. The molecular formula is C18H13F2N7OS. The van der Waals surface area contributed by atoms with Gasteiger partial charge in [-0.3, -0.25) is 4.79 Å². The molecule has 1 aliphatic heterocycles. The van der Waals surface area contributed by atoms with E-state index in [0.717, 1.165) is 6.20 Å². The largest absolute Gasteiger partial charge is 0.308 e. The molecule has 0 radical (unpaired) electrons. The lowest BCUT2D eigenvalue weighted by Crippen LogP contribution is -2.27. The highest BCUT2D eigenvalue weighted by molar-refractivity contribution is 7.09. The van der Waals surface area contributed by atoms with Crippen LogP contribution in [0.25, 0.3) is 22.6 Å². The molecule has 29 heavy (non-hydrogen) atoms. The van der Waals surface area contributed by atoms with E-state index in [1.807, 2.05) is 0 Å². The molecule has 0 fully saturated rings. The Morgan fingerprint density at radius 1 is 1.28 bits per heavy atom. The third-order valence-corrected chi connectivity index (χ3v) is 5.71. The molecule has 0 saturated carbocycles. The quantitative estimate of drug-likeness (QED) is 0.555. The van der Waals surface area contributed by atoms with Gasteiger partial charge in [-0.25, -0.2) is 23.4 Å². The molecule has 1 aliphatic rings. The molecule has 0 unspecified atom stereocenters. The van der Waals surface area contributed by atoms with Gasteiger partial charge in [0.2, 0.25) is 11.7 Å². The molecule has 0 atom stereocenters. The lowest BCUT2D eigenvalue weighted by Gasteiger charge is -2.11. The molecule has 0 aromatic carbocycles. The van der Waals surface area contributed by atoms with Gasteiger partial charge in [0.1, 0.15) is 23.0 Å². The van der Waals surface area contributed by atoms with E-state index < -0.39 is 11.2 Å². The van der Waals surface area contributed by atoms with Gasteiger partial charge in [-0.1, -0.05) is 0 Å². The van der Waals surface area contributed by atoms with Crippen LogP contribution >= 0.6 is 11.3 Å². The van der Waals surface area contributed by atoms with Crippen molar-refractivity contribution in [3.8, 4) is 11.5 Å². The number of hydrogen-bond acceptors (Lipinski definition) is 7. The first kappa shape index (κ1) is 17.7. The second kappa shape index (κ2) is 6.08. The molecule has 5 rings (SSSR count). The minimum absolute atomic E-state index is 0.115. The monoisotopic (exact) mass is 413 g/mol. The number of pyridine rings is 1. The molecule has 1 N–H and O–H groups in total. The molecular weight excluding hydrogens is 400 g/mol. The average Bonchev–Trinajstić information content (AvgIpc) is 3.31. The molecule has 0 saturated heterocycles. The topological polar surface area (TPSA) is 98.5 Å². The van der Waals surface area contributed by atoms with Crippen molar-refractivity contribution in [2.45, 2.75) is 25.8 Å². The summed E-state index contributed by atoms with van der Waals surface area (Å²) in [6.07, 6.45) is 1.07. The molecule has 0 aliphatic carbocycles. The number of amides is 1. The highest BCUT2D eigenvalue weighted by Crippen LogP contribution is 2.35. The van der Waals surface area contributed by atoms with E-state index in [4.69, 9.17) is 0 Å². The van der Waals surface area contributed by atoms with Gasteiger partial charge in [0.15, 0.2) is 11.5 Å². The van der Waals surface area contributed by atoms with Crippen molar-refractivity contribution in [1.29, 1.82) is 0 Å². The lowest BCUT2D eigenvalue weighted by molar-refractivity contribution is -0.119. The first-order valence-electron chi connectivity index (χ1n) is 8.65. The second-order valence-electron chi connectivity index (χ2n) is 7.13. The number of anilines is 1. The minimum atomic E-state index is -0.848. The maximum atomic E-state index is 13.9. The van der Waals surface area contributed by atoms with Gasteiger partial charge in [0.05, 0.1) is 28.4 Å². The number of hydrogen-bond donors (Lipinski definition) is 1. The maximum absolute atomic E-state index is 13.9. The summed E-state index contributed by atoms with van der Waals surface area (Å²) in [6.45, 7) is 3.58. The normalized spacial score (nSPS) is 15.0. The molecule has 1 amide bonds. The van der Waals surface area contributed by atoms with Crippen LogP contribution in [0.3, 0.4) is 0 Å². The van der Waals surface area contributed by atoms with Gasteiger partial charge in [0.25, 0.3) is 0 Å². The Kier molecular flexibility index (Phi) is 3.72. The number of carbonyl (C=O) groups is 1. The van der Waals surface area contributed by atoms with E-state index in [-0.39, 0.29) is 29.8 Å². The van der Waals surface area contributed by atoms with Crippen LogP contribution in [0.1, 0.15) is 24.4 Å². The number of fused-ring (bicyclic) bond motifs is 2. The van der Waals surface area contributed by atoms with Crippen molar-refractivity contribution in [2.75, 3.05) is 5.32 Å². The van der Waals surface area contributed by atoms with Crippen molar-refractivity contribution < 1.29 is 13.6 Å². The number of carbonyl (C=O) groups excluding carboxylic acids is 1. The van der Waals surface area contributed by atoms with Crippen molar-refractivity contribution in [1.82, 2.24) is 29.9 Å². The Hall–Kier alpha value is -3.34. The standard InChI is InChI=1S/C18H13F2N7OS/c1-18(2)13-15(23-17(18)28)22-14(25-24-13)12-9-5-8(19)6-21-16(9)27(26-12)7-11-10(20)3-4-29-11/h3-6H,7H2,1-2H3,(H,22,23,25,28). The zero-order chi connectivity index (χ0) is 20.3. The number of thiophene rings is 1. The van der Waals surface area contributed by atoms with Gasteiger partial charge >= 0.3 is 0 Å². The summed E-state index contributed by atoms with van der Waals surface area (Å²) in [5, 5.41) is 17.4. The molecule has 4 aromatic rings. The van der Waals surface area contributed by atoms with Gasteiger partial charge in [-0.2, -0.15) is 5.10 Å².